The molecule has 0 aliphatic carbocycles. The standard InChI is InChI=1S/C6H12NO3/c1-7-5(9)2-4(8)3-6(7)10/h4-6,8-10H,1-3H2. The lowest BCUT2D eigenvalue weighted by molar-refractivity contribution is -0.138. The lowest BCUT2D eigenvalue weighted by Gasteiger charge is -2.35. The molecule has 1 saturated heterocycles. The molecule has 4 nitrogen and oxygen atoms in total. The van der Waals surface area contributed by atoms with Crippen LogP contribution in [0.3, 0.4) is 0 Å². The molecule has 1 aliphatic rings. The minimum atomic E-state index is -0.821. The van der Waals surface area contributed by atoms with E-state index in [4.69, 9.17) is 15.3 Å². The van der Waals surface area contributed by atoms with Gasteiger partial charge >= 0.3 is 0 Å². The first-order chi connectivity index (χ1) is 4.61. The van der Waals surface area contributed by atoms with Crippen molar-refractivity contribution in [2.75, 3.05) is 0 Å². The van der Waals surface area contributed by atoms with E-state index in [0.717, 1.165) is 0 Å². The number of likely N-dealkylation sites (tertiary alicyclic amines) is 1. The summed E-state index contributed by atoms with van der Waals surface area (Å²) in [5.74, 6) is 0. The van der Waals surface area contributed by atoms with Crippen LogP contribution in [-0.2, 0) is 0 Å². The monoisotopic (exact) mass is 146 g/mol. The van der Waals surface area contributed by atoms with Gasteiger partial charge in [-0.3, -0.25) is 4.90 Å². The maximum atomic E-state index is 9.06. The van der Waals surface area contributed by atoms with Gasteiger partial charge in [-0.2, -0.15) is 0 Å². The number of aliphatic hydroxyl groups is 3. The van der Waals surface area contributed by atoms with E-state index in [1.165, 1.54) is 4.90 Å². The number of rotatable bonds is 0. The molecule has 0 amide bonds. The van der Waals surface area contributed by atoms with E-state index in [9.17, 15) is 0 Å². The summed E-state index contributed by atoms with van der Waals surface area (Å²) in [6, 6.07) is 0. The molecule has 0 aromatic carbocycles. The third-order valence-electron chi connectivity index (χ3n) is 1.73. The van der Waals surface area contributed by atoms with E-state index in [1.807, 2.05) is 0 Å². The highest BCUT2D eigenvalue weighted by Gasteiger charge is 2.29. The summed E-state index contributed by atoms with van der Waals surface area (Å²) < 4.78 is 0. The summed E-state index contributed by atoms with van der Waals surface area (Å²) in [7, 11) is 3.42. The molecule has 10 heavy (non-hydrogen) atoms. The van der Waals surface area contributed by atoms with Crippen molar-refractivity contribution >= 4 is 0 Å². The molecular formula is C6H12NO3. The van der Waals surface area contributed by atoms with E-state index >= 15 is 0 Å². The van der Waals surface area contributed by atoms with E-state index in [1.54, 1.807) is 0 Å². The first kappa shape index (κ1) is 7.94. The van der Waals surface area contributed by atoms with Crippen molar-refractivity contribution in [3.05, 3.63) is 7.05 Å². The molecular weight excluding hydrogens is 134 g/mol. The van der Waals surface area contributed by atoms with Gasteiger partial charge < -0.3 is 15.3 Å². The second-order valence-electron chi connectivity index (χ2n) is 2.60. The molecule has 0 aromatic rings. The highest BCUT2D eigenvalue weighted by atomic mass is 16.3. The highest BCUT2D eigenvalue weighted by Crippen LogP contribution is 2.18. The summed E-state index contributed by atoms with van der Waals surface area (Å²) in [4.78, 5) is 1.19. The van der Waals surface area contributed by atoms with Crippen LogP contribution in [0.2, 0.25) is 0 Å². The molecule has 2 atom stereocenters. The summed E-state index contributed by atoms with van der Waals surface area (Å²) in [6.45, 7) is 0. The summed E-state index contributed by atoms with van der Waals surface area (Å²) in [5.41, 5.74) is 0. The molecule has 59 valence electrons. The van der Waals surface area contributed by atoms with Crippen LogP contribution in [0.4, 0.5) is 0 Å². The van der Waals surface area contributed by atoms with Crippen LogP contribution < -0.4 is 0 Å². The van der Waals surface area contributed by atoms with E-state index in [0.29, 0.717) is 0 Å². The molecule has 0 bridgehead atoms. The minimum Gasteiger partial charge on any atom is -0.393 e. The van der Waals surface area contributed by atoms with E-state index in [-0.39, 0.29) is 12.8 Å². The molecule has 0 saturated carbocycles. The molecule has 2 unspecified atom stereocenters. The Kier molecular flexibility index (Phi) is 2.25. The predicted octanol–water partition coefficient (Wildman–Crippen LogP) is -1.13. The third-order valence-corrected chi connectivity index (χ3v) is 1.73. The van der Waals surface area contributed by atoms with Crippen LogP contribution in [0.15, 0.2) is 0 Å². The van der Waals surface area contributed by atoms with Gasteiger partial charge in [-0.05, 0) is 0 Å². The average molecular weight is 146 g/mol. The molecule has 1 aliphatic heterocycles. The topological polar surface area (TPSA) is 63.9 Å². The van der Waals surface area contributed by atoms with Crippen LogP contribution in [0.5, 0.6) is 0 Å². The van der Waals surface area contributed by atoms with Crippen molar-refractivity contribution in [3.63, 3.8) is 0 Å². The van der Waals surface area contributed by atoms with Gasteiger partial charge in [0.05, 0.1) is 6.10 Å². The maximum Gasteiger partial charge on any atom is 0.111 e. The Balaban J connectivity index is 2.49. The Bertz CT molecular complexity index is 108. The molecule has 3 N–H and O–H groups in total. The lowest BCUT2D eigenvalue weighted by atomic mass is 10.1. The molecule has 4 heteroatoms. The third kappa shape index (κ3) is 1.46. The van der Waals surface area contributed by atoms with Crippen LogP contribution >= 0.6 is 0 Å². The fourth-order valence-corrected chi connectivity index (χ4v) is 1.05. The zero-order chi connectivity index (χ0) is 7.72. The van der Waals surface area contributed by atoms with Gasteiger partial charge in [-0.15, -0.1) is 0 Å². The summed E-state index contributed by atoms with van der Waals surface area (Å²) in [6.07, 6.45) is -1.72. The van der Waals surface area contributed by atoms with E-state index < -0.39 is 18.6 Å². The second kappa shape index (κ2) is 2.84. The van der Waals surface area contributed by atoms with Gasteiger partial charge in [0.25, 0.3) is 0 Å². The van der Waals surface area contributed by atoms with Crippen molar-refractivity contribution in [3.8, 4) is 0 Å². The largest absolute Gasteiger partial charge is 0.393 e. The fourth-order valence-electron chi connectivity index (χ4n) is 1.05. The molecule has 1 fully saturated rings. The number of aliphatic hydroxyl groups excluding tert-OH is 3. The van der Waals surface area contributed by atoms with Gasteiger partial charge in [-0.25, -0.2) is 0 Å². The zero-order valence-electron chi connectivity index (χ0n) is 5.64. The van der Waals surface area contributed by atoms with Crippen LogP contribution in [0.1, 0.15) is 12.8 Å². The first-order valence-corrected chi connectivity index (χ1v) is 3.24. The maximum absolute atomic E-state index is 9.06. The van der Waals surface area contributed by atoms with Gasteiger partial charge in [-0.1, -0.05) is 0 Å². The summed E-state index contributed by atoms with van der Waals surface area (Å²) in [5, 5.41) is 27.1. The predicted molar refractivity (Wildman–Crippen MR) is 34.5 cm³/mol. The van der Waals surface area contributed by atoms with Gasteiger partial charge in [0.2, 0.25) is 0 Å². The summed E-state index contributed by atoms with van der Waals surface area (Å²) >= 11 is 0. The quantitative estimate of drug-likeness (QED) is 0.404. The van der Waals surface area contributed by atoms with Crippen molar-refractivity contribution in [1.82, 2.24) is 4.90 Å². The molecule has 1 heterocycles. The Hall–Kier alpha value is -0.160. The van der Waals surface area contributed by atoms with Crippen molar-refractivity contribution < 1.29 is 15.3 Å². The lowest BCUT2D eigenvalue weighted by Crippen LogP contribution is -2.47. The van der Waals surface area contributed by atoms with Crippen LogP contribution in [-0.4, -0.2) is 38.8 Å². The number of nitrogens with zero attached hydrogens (tertiary/aromatic N) is 1. The highest BCUT2D eigenvalue weighted by molar-refractivity contribution is 4.76. The van der Waals surface area contributed by atoms with Crippen molar-refractivity contribution in [2.45, 2.75) is 31.4 Å². The Morgan fingerprint density at radius 2 is 1.50 bits per heavy atom. The van der Waals surface area contributed by atoms with Crippen LogP contribution in [0.25, 0.3) is 0 Å². The smallest absolute Gasteiger partial charge is 0.111 e. The fraction of sp³-hybridized carbons (Fsp3) is 0.833. The molecule has 0 spiro atoms. The van der Waals surface area contributed by atoms with Crippen LogP contribution in [0, 0.1) is 7.05 Å². The second-order valence-corrected chi connectivity index (χ2v) is 2.60. The Labute approximate surface area is 59.7 Å². The van der Waals surface area contributed by atoms with E-state index in [2.05, 4.69) is 7.05 Å². The van der Waals surface area contributed by atoms with Gasteiger partial charge in [0.15, 0.2) is 0 Å². The SMILES string of the molecule is [CH2]N1C(O)CC(O)CC1O. The molecule has 1 radical (unpaired) electrons. The number of hydrogen-bond donors (Lipinski definition) is 3. The van der Waals surface area contributed by atoms with Crippen molar-refractivity contribution in [2.24, 2.45) is 0 Å². The number of hydrogen-bond acceptors (Lipinski definition) is 4. The van der Waals surface area contributed by atoms with Gasteiger partial charge in [0, 0.05) is 19.9 Å². The molecule has 1 rings (SSSR count). The minimum absolute atomic E-state index is 0.264. The Morgan fingerprint density at radius 1 is 1.10 bits per heavy atom. The molecule has 0 aromatic heterocycles. The number of piperidine rings is 1. The van der Waals surface area contributed by atoms with Gasteiger partial charge in [0.1, 0.15) is 12.5 Å². The normalized spacial score (nSPS) is 43.8. The first-order valence-electron chi connectivity index (χ1n) is 3.24. The Morgan fingerprint density at radius 3 is 1.90 bits per heavy atom. The van der Waals surface area contributed by atoms with Crippen molar-refractivity contribution in [1.29, 1.82) is 0 Å². The average Bonchev–Trinajstić information content (AvgIpc) is 1.82. The zero-order valence-corrected chi connectivity index (χ0v) is 5.64.